The van der Waals surface area contributed by atoms with Crippen molar-refractivity contribution in [2.24, 2.45) is 5.92 Å². The largest absolute Gasteiger partial charge is 0.487 e. The number of piperidine rings is 1. The minimum absolute atomic E-state index is 0.0267. The lowest BCUT2D eigenvalue weighted by molar-refractivity contribution is 0.112. The minimum atomic E-state index is -0.800. The number of hydrogen-bond acceptors (Lipinski definition) is 7. The van der Waals surface area contributed by atoms with Gasteiger partial charge < -0.3 is 24.3 Å². The highest BCUT2D eigenvalue weighted by atomic mass is 16.5. The van der Waals surface area contributed by atoms with Crippen molar-refractivity contribution in [1.82, 2.24) is 0 Å². The van der Waals surface area contributed by atoms with Crippen molar-refractivity contribution in [1.29, 1.82) is 0 Å². The number of hydrogen-bond donors (Lipinski definition) is 2. The van der Waals surface area contributed by atoms with E-state index in [9.17, 15) is 14.6 Å². The lowest BCUT2D eigenvalue weighted by atomic mass is 9.69. The summed E-state index contributed by atoms with van der Waals surface area (Å²) in [6, 6.07) is 11.1. The van der Waals surface area contributed by atoms with Crippen LogP contribution in [0.4, 0.5) is 11.6 Å². The molecule has 1 saturated heterocycles. The van der Waals surface area contributed by atoms with Crippen molar-refractivity contribution >= 4 is 35.9 Å². The smallest absolute Gasteiger partial charge is 0.440 e. The number of carbonyl (C=O) groups is 1. The first-order valence-electron chi connectivity index (χ1n) is 12.5. The molecule has 2 N–H and O–H groups in total. The van der Waals surface area contributed by atoms with Crippen molar-refractivity contribution in [2.45, 2.75) is 39.7 Å². The Kier molecular flexibility index (Phi) is 6.73. The summed E-state index contributed by atoms with van der Waals surface area (Å²) < 4.78 is 11.8. The first kappa shape index (κ1) is 24.3. The molecule has 0 radical (unpaired) electrons. The Morgan fingerprint density at radius 1 is 1.19 bits per heavy atom. The van der Waals surface area contributed by atoms with E-state index in [2.05, 4.69) is 10.2 Å². The average Bonchev–Trinajstić information content (AvgIpc) is 3.32. The molecular formula is C28H31BN2O5. The molecule has 1 unspecified atom stereocenters. The summed E-state index contributed by atoms with van der Waals surface area (Å²) in [5, 5.41) is 14.1. The number of benzene rings is 2. The highest BCUT2D eigenvalue weighted by Crippen LogP contribution is 2.35. The van der Waals surface area contributed by atoms with Crippen molar-refractivity contribution < 1.29 is 18.9 Å². The Labute approximate surface area is 210 Å². The Morgan fingerprint density at radius 3 is 2.64 bits per heavy atom. The number of aryl methyl sites for hydroxylation is 1. The van der Waals surface area contributed by atoms with Crippen molar-refractivity contribution in [3.05, 3.63) is 80.4 Å². The van der Waals surface area contributed by atoms with Gasteiger partial charge in [-0.1, -0.05) is 24.3 Å². The van der Waals surface area contributed by atoms with Crippen LogP contribution in [0.15, 0.2) is 57.2 Å². The van der Waals surface area contributed by atoms with Gasteiger partial charge in [-0.3, -0.25) is 9.59 Å². The molecule has 8 heteroatoms. The second kappa shape index (κ2) is 9.95. The third kappa shape index (κ3) is 4.47. The molecule has 3 aromatic rings. The number of nitrogens with one attached hydrogen (secondary N) is 1. The maximum atomic E-state index is 13.5. The predicted molar refractivity (Wildman–Crippen MR) is 143 cm³/mol. The quantitative estimate of drug-likeness (QED) is 0.389. The minimum Gasteiger partial charge on any atom is -0.440 e. The van der Waals surface area contributed by atoms with E-state index < -0.39 is 7.12 Å². The Bertz CT molecular complexity index is 1390. The van der Waals surface area contributed by atoms with Crippen LogP contribution in [-0.4, -0.2) is 38.1 Å². The molecule has 0 spiro atoms. The number of nitrogens with zero attached hydrogens (tertiary/aromatic N) is 1. The Hall–Kier alpha value is -3.36. The number of anilines is 2. The topological polar surface area (TPSA) is 92.0 Å². The van der Waals surface area contributed by atoms with Gasteiger partial charge in [0.25, 0.3) is 0 Å². The monoisotopic (exact) mass is 486 g/mol. The molecule has 7 nitrogen and oxygen atoms in total. The molecule has 0 saturated carbocycles. The molecule has 0 amide bonds. The molecule has 1 atom stereocenters. The van der Waals surface area contributed by atoms with Crippen LogP contribution in [0.2, 0.25) is 0 Å². The van der Waals surface area contributed by atoms with Crippen LogP contribution in [0.1, 0.15) is 52.9 Å². The van der Waals surface area contributed by atoms with Gasteiger partial charge >= 0.3 is 7.12 Å². The van der Waals surface area contributed by atoms with Crippen LogP contribution < -0.4 is 15.6 Å². The first-order chi connectivity index (χ1) is 17.4. The summed E-state index contributed by atoms with van der Waals surface area (Å²) in [6.45, 7) is 7.72. The van der Waals surface area contributed by atoms with E-state index in [0.717, 1.165) is 54.5 Å². The van der Waals surface area contributed by atoms with Gasteiger partial charge in [0.05, 0.1) is 17.0 Å². The van der Waals surface area contributed by atoms with Crippen LogP contribution in [0.5, 0.6) is 0 Å². The van der Waals surface area contributed by atoms with E-state index in [1.165, 1.54) is 0 Å². The molecule has 5 rings (SSSR count). The van der Waals surface area contributed by atoms with Crippen LogP contribution in [-0.2, 0) is 4.65 Å². The van der Waals surface area contributed by atoms with E-state index >= 15 is 0 Å². The molecule has 2 aliphatic rings. The van der Waals surface area contributed by atoms with Crippen molar-refractivity contribution in [3.8, 4) is 0 Å². The van der Waals surface area contributed by atoms with Crippen molar-refractivity contribution in [3.63, 3.8) is 0 Å². The summed E-state index contributed by atoms with van der Waals surface area (Å²) in [6.07, 6.45) is 4.53. The Balaban J connectivity index is 1.49. The van der Waals surface area contributed by atoms with E-state index in [4.69, 9.17) is 9.07 Å². The van der Waals surface area contributed by atoms with Gasteiger partial charge in [0, 0.05) is 36.5 Å². The fraction of sp³-hybridized carbons (Fsp3) is 0.357. The number of para-hydroxylation sites is 1. The molecule has 186 valence electrons. The average molecular weight is 486 g/mol. The normalized spacial score (nSPS) is 17.4. The highest BCUT2D eigenvalue weighted by molar-refractivity contribution is 6.53. The first-order valence-corrected chi connectivity index (χ1v) is 12.5. The van der Waals surface area contributed by atoms with Gasteiger partial charge in [-0.2, -0.15) is 0 Å². The predicted octanol–water partition coefficient (Wildman–Crippen LogP) is 4.59. The third-order valence-electron chi connectivity index (χ3n) is 7.40. The van der Waals surface area contributed by atoms with Crippen molar-refractivity contribution in [2.75, 3.05) is 29.9 Å². The zero-order valence-electron chi connectivity index (χ0n) is 20.9. The van der Waals surface area contributed by atoms with Crippen LogP contribution in [0, 0.1) is 19.8 Å². The number of rotatable bonds is 6. The Morgan fingerprint density at radius 2 is 1.94 bits per heavy atom. The zero-order chi connectivity index (χ0) is 25.4. The van der Waals surface area contributed by atoms with E-state index in [1.807, 2.05) is 57.2 Å². The lowest BCUT2D eigenvalue weighted by Crippen LogP contribution is -2.37. The van der Waals surface area contributed by atoms with Gasteiger partial charge in [-0.25, -0.2) is 0 Å². The summed E-state index contributed by atoms with van der Waals surface area (Å²) in [7, 11) is -0.800. The molecular weight excluding hydrogens is 455 g/mol. The molecule has 0 aliphatic carbocycles. The zero-order valence-corrected chi connectivity index (χ0v) is 20.9. The molecule has 36 heavy (non-hydrogen) atoms. The third-order valence-corrected chi connectivity index (χ3v) is 7.40. The van der Waals surface area contributed by atoms with E-state index in [1.54, 1.807) is 6.07 Å². The standard InChI is InChI=1S/C28H31BN2O5/c1-17-14-22(19(3)30-25-7-5-4-6-21(25)16-32)27-23(15-17)26(33)18(2)28(36-27)31-11-8-20(9-12-31)24-10-13-35-29(24)34/h4-7,10,14-16,19-20,30,34H,8-9,11-13H2,1-3H3. The lowest BCUT2D eigenvalue weighted by Gasteiger charge is -2.34. The molecule has 2 aromatic carbocycles. The number of carbonyl (C=O) groups excluding carboxylic acids is 1. The molecule has 1 aromatic heterocycles. The molecule has 1 fully saturated rings. The molecule has 3 heterocycles. The molecule has 2 aliphatic heterocycles. The van der Waals surface area contributed by atoms with Gasteiger partial charge in [0.2, 0.25) is 5.88 Å². The number of aldehydes is 1. The second-order valence-corrected chi connectivity index (χ2v) is 9.81. The summed E-state index contributed by atoms with van der Waals surface area (Å²) >= 11 is 0. The van der Waals surface area contributed by atoms with E-state index in [0.29, 0.717) is 34.6 Å². The summed E-state index contributed by atoms with van der Waals surface area (Å²) in [4.78, 5) is 27.1. The van der Waals surface area contributed by atoms with Gasteiger partial charge in [-0.05, 0) is 68.8 Å². The maximum absolute atomic E-state index is 13.5. The van der Waals surface area contributed by atoms with Crippen LogP contribution in [0.3, 0.4) is 0 Å². The van der Waals surface area contributed by atoms with Gasteiger partial charge in [0.15, 0.2) is 11.7 Å². The summed E-state index contributed by atoms with van der Waals surface area (Å²) in [5.41, 5.74) is 5.28. The van der Waals surface area contributed by atoms with E-state index in [-0.39, 0.29) is 17.4 Å². The van der Waals surface area contributed by atoms with Gasteiger partial charge in [0.1, 0.15) is 5.58 Å². The SMILES string of the molecule is Cc1cc(C(C)Nc2ccccc2C=O)c2oc(N3CCC(C4=CCOB4O)CC3)c(C)c(=O)c2c1. The summed E-state index contributed by atoms with van der Waals surface area (Å²) in [5.74, 6) is 0.875. The van der Waals surface area contributed by atoms with Crippen LogP contribution >= 0.6 is 0 Å². The highest BCUT2D eigenvalue weighted by Gasteiger charge is 2.34. The molecule has 0 bridgehead atoms. The second-order valence-electron chi connectivity index (χ2n) is 9.81. The number of fused-ring (bicyclic) bond motifs is 1. The van der Waals surface area contributed by atoms with Crippen LogP contribution in [0.25, 0.3) is 11.0 Å². The fourth-order valence-electron chi connectivity index (χ4n) is 5.44. The number of allylic oxidation sites excluding steroid dienone is 1. The van der Waals surface area contributed by atoms with Gasteiger partial charge in [-0.15, -0.1) is 0 Å². The maximum Gasteiger partial charge on any atom is 0.487 e. The fourth-order valence-corrected chi connectivity index (χ4v) is 5.44.